The number of nitrogens with zero attached hydrogens (tertiary/aromatic N) is 5. The van der Waals surface area contributed by atoms with Crippen LogP contribution in [0, 0.1) is 5.82 Å². The molecule has 2 aromatic heterocycles. The molecule has 33 heavy (non-hydrogen) atoms. The monoisotopic (exact) mass is 465 g/mol. The summed E-state index contributed by atoms with van der Waals surface area (Å²) < 4.78 is 14.3. The third kappa shape index (κ3) is 4.31. The molecule has 10 heteroatoms. The number of amides is 1. The highest BCUT2D eigenvalue weighted by atomic mass is 35.5. The maximum Gasteiger partial charge on any atom is 0.227 e. The van der Waals surface area contributed by atoms with Crippen molar-refractivity contribution in [2.45, 2.75) is 6.42 Å². The van der Waals surface area contributed by atoms with Gasteiger partial charge < -0.3 is 20.5 Å². The zero-order chi connectivity index (χ0) is 22.9. The van der Waals surface area contributed by atoms with Gasteiger partial charge in [-0.25, -0.2) is 9.37 Å². The first-order valence-corrected chi connectivity index (χ1v) is 10.9. The van der Waals surface area contributed by atoms with Crippen LogP contribution < -0.4 is 10.6 Å². The van der Waals surface area contributed by atoms with E-state index in [2.05, 4.69) is 19.9 Å². The van der Waals surface area contributed by atoms with E-state index in [0.29, 0.717) is 66.0 Å². The summed E-state index contributed by atoms with van der Waals surface area (Å²) in [7, 11) is 0. The van der Waals surface area contributed by atoms with Crippen LogP contribution in [0.4, 0.5) is 16.2 Å². The number of benzene rings is 2. The number of rotatable bonds is 4. The molecule has 0 spiro atoms. The number of aromatic nitrogens is 4. The number of hydrogen-bond acceptors (Lipinski definition) is 6. The van der Waals surface area contributed by atoms with Crippen LogP contribution >= 0.6 is 11.6 Å². The number of nitrogens with one attached hydrogen (secondary N) is 1. The van der Waals surface area contributed by atoms with Crippen molar-refractivity contribution < 1.29 is 9.18 Å². The number of piperazine rings is 1. The average molecular weight is 466 g/mol. The van der Waals surface area contributed by atoms with Crippen LogP contribution in [-0.2, 0) is 11.2 Å². The van der Waals surface area contributed by atoms with Gasteiger partial charge in [0.25, 0.3) is 0 Å². The van der Waals surface area contributed by atoms with Gasteiger partial charge in [-0.15, -0.1) is 0 Å². The Balaban J connectivity index is 1.35. The highest BCUT2D eigenvalue weighted by molar-refractivity contribution is 6.30. The number of anilines is 2. The lowest BCUT2D eigenvalue weighted by atomic mass is 10.1. The second-order valence-corrected chi connectivity index (χ2v) is 8.28. The van der Waals surface area contributed by atoms with E-state index in [1.54, 1.807) is 24.3 Å². The maximum atomic E-state index is 14.3. The lowest BCUT2D eigenvalue weighted by Gasteiger charge is -2.35. The molecule has 0 bridgehead atoms. The van der Waals surface area contributed by atoms with Crippen LogP contribution in [-0.4, -0.2) is 56.9 Å². The van der Waals surface area contributed by atoms with Crippen molar-refractivity contribution in [2.75, 3.05) is 36.8 Å². The zero-order valence-corrected chi connectivity index (χ0v) is 18.4. The first kappa shape index (κ1) is 21.1. The molecule has 3 N–H and O–H groups in total. The summed E-state index contributed by atoms with van der Waals surface area (Å²) >= 11 is 6.03. The van der Waals surface area contributed by atoms with Crippen molar-refractivity contribution in [1.82, 2.24) is 24.8 Å². The fourth-order valence-corrected chi connectivity index (χ4v) is 4.22. The van der Waals surface area contributed by atoms with Crippen molar-refractivity contribution in [3.05, 3.63) is 64.9 Å². The van der Waals surface area contributed by atoms with Crippen molar-refractivity contribution in [3.8, 4) is 11.4 Å². The zero-order valence-electron chi connectivity index (χ0n) is 17.6. The van der Waals surface area contributed by atoms with Gasteiger partial charge in [0.1, 0.15) is 17.2 Å². The molecule has 0 radical (unpaired) electrons. The second-order valence-electron chi connectivity index (χ2n) is 7.84. The molecule has 1 amide bonds. The van der Waals surface area contributed by atoms with Crippen LogP contribution in [0.1, 0.15) is 5.56 Å². The Labute approximate surface area is 194 Å². The molecule has 8 nitrogen and oxygen atoms in total. The number of fused-ring (bicyclic) bond motifs is 1. The van der Waals surface area contributed by atoms with E-state index in [1.165, 1.54) is 6.07 Å². The Bertz CT molecular complexity index is 1330. The molecule has 1 fully saturated rings. The Hall–Kier alpha value is -3.72. The van der Waals surface area contributed by atoms with E-state index in [1.807, 2.05) is 28.0 Å². The number of carbonyl (C=O) groups excluding carboxylic acids is 1. The van der Waals surface area contributed by atoms with Crippen LogP contribution in [0.5, 0.6) is 0 Å². The summed E-state index contributed by atoms with van der Waals surface area (Å²) in [4.78, 5) is 32.8. The summed E-state index contributed by atoms with van der Waals surface area (Å²) in [6.07, 6.45) is 0.303. The Kier molecular flexibility index (Phi) is 5.55. The van der Waals surface area contributed by atoms with E-state index in [-0.39, 0.29) is 17.7 Å². The second kappa shape index (κ2) is 8.67. The normalized spacial score (nSPS) is 14.1. The van der Waals surface area contributed by atoms with Crippen molar-refractivity contribution in [1.29, 1.82) is 0 Å². The van der Waals surface area contributed by atoms with Gasteiger partial charge in [0, 0.05) is 31.2 Å². The molecule has 4 aromatic rings. The first-order chi connectivity index (χ1) is 16.0. The number of carbonyl (C=O) groups is 1. The lowest BCUT2D eigenvalue weighted by molar-refractivity contribution is -0.130. The highest BCUT2D eigenvalue weighted by Crippen LogP contribution is 2.28. The van der Waals surface area contributed by atoms with E-state index in [0.717, 1.165) is 5.56 Å². The van der Waals surface area contributed by atoms with E-state index in [9.17, 15) is 9.18 Å². The number of hydrogen-bond donors (Lipinski definition) is 2. The minimum atomic E-state index is -0.383. The number of imidazole rings is 1. The van der Waals surface area contributed by atoms with Crippen LogP contribution in [0.25, 0.3) is 22.6 Å². The number of nitrogen functional groups attached to an aromatic ring is 1. The summed E-state index contributed by atoms with van der Waals surface area (Å²) in [6, 6.07) is 13.7. The molecule has 1 saturated heterocycles. The molecule has 2 aromatic carbocycles. The summed E-state index contributed by atoms with van der Waals surface area (Å²) in [5.41, 5.74) is 8.12. The van der Waals surface area contributed by atoms with Crippen molar-refractivity contribution in [3.63, 3.8) is 0 Å². The smallest absolute Gasteiger partial charge is 0.227 e. The molecule has 5 rings (SSSR count). The quantitative estimate of drug-likeness (QED) is 0.479. The van der Waals surface area contributed by atoms with Gasteiger partial charge in [0.05, 0.1) is 12.0 Å². The minimum absolute atomic E-state index is 0.0487. The number of aromatic amines is 1. The Morgan fingerprint density at radius 1 is 1.06 bits per heavy atom. The minimum Gasteiger partial charge on any atom is -0.368 e. The highest BCUT2D eigenvalue weighted by Gasteiger charge is 2.25. The van der Waals surface area contributed by atoms with Gasteiger partial charge in [-0.3, -0.25) is 4.79 Å². The van der Waals surface area contributed by atoms with Gasteiger partial charge in [0.2, 0.25) is 11.9 Å². The molecule has 1 aliphatic heterocycles. The number of nitrogens with two attached hydrogens (primary N) is 1. The first-order valence-electron chi connectivity index (χ1n) is 10.5. The number of halogens is 2. The van der Waals surface area contributed by atoms with E-state index in [4.69, 9.17) is 17.3 Å². The largest absolute Gasteiger partial charge is 0.368 e. The SMILES string of the molecule is Nc1nc(N2CCN(C(=O)Cc3cccc(Cl)c3)CC2)c2[nH]c(-c3ccccc3F)nc2n1. The molecule has 0 atom stereocenters. The standard InChI is InChI=1S/C23H21ClFN7O/c24-15-5-3-4-14(12-15)13-18(33)31-8-10-32(11-9-31)22-19-21(29-23(26)30-22)28-20(27-19)16-6-1-2-7-17(16)25/h1-7,12H,8-11,13H2,(H3,26,27,28,29,30). The summed E-state index contributed by atoms with van der Waals surface area (Å²) in [5, 5.41) is 0.616. The molecule has 168 valence electrons. The predicted molar refractivity (Wildman–Crippen MR) is 125 cm³/mol. The summed E-state index contributed by atoms with van der Waals surface area (Å²) in [6.45, 7) is 2.22. The average Bonchev–Trinajstić information content (AvgIpc) is 3.22. The fraction of sp³-hybridized carbons (Fsp3) is 0.217. The molecule has 0 aliphatic carbocycles. The maximum absolute atomic E-state index is 14.3. The van der Waals surface area contributed by atoms with Crippen molar-refractivity contribution in [2.24, 2.45) is 0 Å². The van der Waals surface area contributed by atoms with Crippen molar-refractivity contribution >= 4 is 40.4 Å². The molecule has 0 unspecified atom stereocenters. The van der Waals surface area contributed by atoms with Gasteiger partial charge in [-0.1, -0.05) is 35.9 Å². The lowest BCUT2D eigenvalue weighted by Crippen LogP contribution is -2.49. The van der Waals surface area contributed by atoms with Gasteiger partial charge in [-0.05, 0) is 29.8 Å². The fourth-order valence-electron chi connectivity index (χ4n) is 4.01. The van der Waals surface area contributed by atoms with E-state index < -0.39 is 0 Å². The molecule has 3 heterocycles. The summed E-state index contributed by atoms with van der Waals surface area (Å²) in [5.74, 6) is 0.705. The predicted octanol–water partition coefficient (Wildman–Crippen LogP) is 3.29. The molecule has 1 aliphatic rings. The van der Waals surface area contributed by atoms with Gasteiger partial charge >= 0.3 is 0 Å². The van der Waals surface area contributed by atoms with Crippen LogP contribution in [0.2, 0.25) is 5.02 Å². The Morgan fingerprint density at radius 3 is 2.61 bits per heavy atom. The van der Waals surface area contributed by atoms with Crippen LogP contribution in [0.3, 0.4) is 0 Å². The Morgan fingerprint density at radius 2 is 1.85 bits per heavy atom. The third-order valence-corrected chi connectivity index (χ3v) is 5.89. The molecular weight excluding hydrogens is 445 g/mol. The van der Waals surface area contributed by atoms with Gasteiger partial charge in [-0.2, -0.15) is 9.97 Å². The third-order valence-electron chi connectivity index (χ3n) is 5.65. The molecule has 0 saturated carbocycles. The number of H-pyrrole nitrogens is 1. The van der Waals surface area contributed by atoms with E-state index >= 15 is 0 Å². The molecular formula is C23H21ClFN7O. The van der Waals surface area contributed by atoms with Crippen LogP contribution in [0.15, 0.2) is 48.5 Å². The topological polar surface area (TPSA) is 104 Å². The van der Waals surface area contributed by atoms with Gasteiger partial charge in [0.15, 0.2) is 11.5 Å².